The topological polar surface area (TPSA) is 9.23 Å². The molecule has 0 bridgehead atoms. The van der Waals surface area contributed by atoms with E-state index in [4.69, 9.17) is 4.74 Å². The van der Waals surface area contributed by atoms with Crippen molar-refractivity contribution in [2.75, 3.05) is 7.11 Å². The summed E-state index contributed by atoms with van der Waals surface area (Å²) in [6.45, 7) is 1.71. The molecule has 0 amide bonds. The van der Waals surface area contributed by atoms with Crippen molar-refractivity contribution in [2.24, 2.45) is 0 Å². The van der Waals surface area contributed by atoms with Crippen molar-refractivity contribution in [3.63, 3.8) is 0 Å². The number of benzene rings is 1. The molecule has 1 unspecified atom stereocenters. The van der Waals surface area contributed by atoms with Gasteiger partial charge in [0.05, 0.1) is 0 Å². The van der Waals surface area contributed by atoms with Gasteiger partial charge >= 0.3 is 6.18 Å². The van der Waals surface area contributed by atoms with Crippen LogP contribution in [0.25, 0.3) is 0 Å². The fraction of sp³-hybridized carbons (Fsp3) is 0.538. The summed E-state index contributed by atoms with van der Waals surface area (Å²) in [5.74, 6) is 0. The van der Waals surface area contributed by atoms with Gasteiger partial charge in [-0.2, -0.15) is 13.2 Å². The van der Waals surface area contributed by atoms with Crippen molar-refractivity contribution >= 4 is 0 Å². The van der Waals surface area contributed by atoms with Crippen LogP contribution in [0.4, 0.5) is 13.2 Å². The van der Waals surface area contributed by atoms with Gasteiger partial charge in [0.2, 0.25) is 0 Å². The second-order valence-electron chi connectivity index (χ2n) is 4.49. The number of halogens is 3. The average Bonchev–Trinajstić information content (AvgIpc) is 2.27. The molecule has 0 saturated heterocycles. The second kappa shape index (κ2) is 4.02. The first-order valence-corrected chi connectivity index (χ1v) is 5.63. The Morgan fingerprint density at radius 2 is 2.00 bits per heavy atom. The van der Waals surface area contributed by atoms with E-state index in [1.165, 1.54) is 0 Å². The Morgan fingerprint density at radius 3 is 2.59 bits per heavy atom. The lowest BCUT2D eigenvalue weighted by Gasteiger charge is -2.40. The average molecular weight is 244 g/mol. The van der Waals surface area contributed by atoms with Crippen molar-refractivity contribution in [3.05, 3.63) is 34.9 Å². The molecule has 0 fully saturated rings. The lowest BCUT2D eigenvalue weighted by atomic mass is 9.76. The number of hydrogen-bond donors (Lipinski definition) is 0. The van der Waals surface area contributed by atoms with E-state index < -0.39 is 11.8 Å². The quantitative estimate of drug-likeness (QED) is 0.731. The third-order valence-electron chi connectivity index (χ3n) is 3.54. The molecule has 0 aromatic heterocycles. The standard InChI is InChI=1S/C13H15F3O/c1-9-5-3-6-10-7-4-8-12(17-2,11(9)10)13(14,15)16/h3,5-6H,4,7-8H2,1-2H3. The van der Waals surface area contributed by atoms with Crippen molar-refractivity contribution in [2.45, 2.75) is 38.0 Å². The lowest BCUT2D eigenvalue weighted by Crippen LogP contribution is -2.47. The van der Waals surface area contributed by atoms with Gasteiger partial charge in [0.15, 0.2) is 5.60 Å². The number of aryl methyl sites for hydroxylation is 2. The normalized spacial score (nSPS) is 24.5. The van der Waals surface area contributed by atoms with Crippen molar-refractivity contribution < 1.29 is 17.9 Å². The molecule has 0 heterocycles. The maximum atomic E-state index is 13.3. The molecule has 17 heavy (non-hydrogen) atoms. The Morgan fingerprint density at radius 1 is 1.29 bits per heavy atom. The monoisotopic (exact) mass is 244 g/mol. The molecule has 1 aromatic carbocycles. The summed E-state index contributed by atoms with van der Waals surface area (Å²) in [5.41, 5.74) is -0.385. The summed E-state index contributed by atoms with van der Waals surface area (Å²) < 4.78 is 44.9. The highest BCUT2D eigenvalue weighted by Gasteiger charge is 2.58. The fourth-order valence-corrected chi connectivity index (χ4v) is 2.77. The molecule has 0 aliphatic heterocycles. The molecule has 0 spiro atoms. The van der Waals surface area contributed by atoms with E-state index in [-0.39, 0.29) is 6.42 Å². The highest BCUT2D eigenvalue weighted by molar-refractivity contribution is 5.42. The number of rotatable bonds is 1. The highest BCUT2D eigenvalue weighted by Crippen LogP contribution is 2.50. The number of ether oxygens (including phenoxy) is 1. The van der Waals surface area contributed by atoms with E-state index in [0.717, 1.165) is 12.7 Å². The van der Waals surface area contributed by atoms with Crippen LogP contribution in [-0.4, -0.2) is 13.3 Å². The number of fused-ring (bicyclic) bond motifs is 1. The van der Waals surface area contributed by atoms with Crippen LogP contribution in [-0.2, 0) is 16.8 Å². The van der Waals surface area contributed by atoms with Gasteiger partial charge in [0.1, 0.15) is 0 Å². The van der Waals surface area contributed by atoms with Gasteiger partial charge in [0, 0.05) is 7.11 Å². The molecule has 1 aromatic rings. The predicted octanol–water partition coefficient (Wildman–Crippen LogP) is 3.74. The Balaban J connectivity index is 2.67. The van der Waals surface area contributed by atoms with Crippen LogP contribution in [0.15, 0.2) is 18.2 Å². The molecular formula is C13H15F3O. The molecule has 0 saturated carbocycles. The lowest BCUT2D eigenvalue weighted by molar-refractivity contribution is -0.281. The Bertz CT molecular complexity index is 425. The number of hydrogen-bond acceptors (Lipinski definition) is 1. The van der Waals surface area contributed by atoms with Crippen LogP contribution in [0.1, 0.15) is 29.5 Å². The van der Waals surface area contributed by atoms with E-state index in [2.05, 4.69) is 0 Å². The molecule has 2 rings (SSSR count). The third kappa shape index (κ3) is 1.75. The molecule has 4 heteroatoms. The molecule has 94 valence electrons. The summed E-state index contributed by atoms with van der Waals surface area (Å²) in [6.07, 6.45) is -3.17. The Kier molecular flexibility index (Phi) is 2.94. The zero-order valence-electron chi connectivity index (χ0n) is 9.90. The van der Waals surface area contributed by atoms with Gasteiger partial charge in [-0.25, -0.2) is 0 Å². The molecule has 1 atom stereocenters. The van der Waals surface area contributed by atoms with E-state index in [9.17, 15) is 13.2 Å². The molecule has 1 aliphatic rings. The molecule has 1 aliphatic carbocycles. The van der Waals surface area contributed by atoms with E-state index in [1.54, 1.807) is 25.1 Å². The fourth-order valence-electron chi connectivity index (χ4n) is 2.77. The summed E-state index contributed by atoms with van der Waals surface area (Å²) in [6, 6.07) is 5.28. The predicted molar refractivity (Wildman–Crippen MR) is 58.9 cm³/mol. The largest absolute Gasteiger partial charge is 0.421 e. The van der Waals surface area contributed by atoms with Crippen LogP contribution >= 0.6 is 0 Å². The van der Waals surface area contributed by atoms with Gasteiger partial charge in [-0.15, -0.1) is 0 Å². The van der Waals surface area contributed by atoms with Crippen molar-refractivity contribution in [1.29, 1.82) is 0 Å². The van der Waals surface area contributed by atoms with Gasteiger partial charge in [-0.3, -0.25) is 0 Å². The minimum atomic E-state index is -4.37. The second-order valence-corrected chi connectivity index (χ2v) is 4.49. The number of alkyl halides is 3. The summed E-state index contributed by atoms with van der Waals surface area (Å²) in [7, 11) is 1.15. The zero-order valence-corrected chi connectivity index (χ0v) is 9.90. The zero-order chi connectivity index (χ0) is 12.7. The van der Waals surface area contributed by atoms with E-state index in [1.807, 2.05) is 0 Å². The first kappa shape index (κ1) is 12.4. The third-order valence-corrected chi connectivity index (χ3v) is 3.54. The summed E-state index contributed by atoms with van der Waals surface area (Å²) in [4.78, 5) is 0. The van der Waals surface area contributed by atoms with Crippen molar-refractivity contribution in [3.8, 4) is 0 Å². The van der Waals surface area contributed by atoms with E-state index >= 15 is 0 Å². The van der Waals surface area contributed by atoms with Gasteiger partial charge in [-0.1, -0.05) is 18.2 Å². The van der Waals surface area contributed by atoms with Crippen LogP contribution in [0.5, 0.6) is 0 Å². The minimum absolute atomic E-state index is 0.00481. The SMILES string of the molecule is COC1(C(F)(F)F)CCCc2cccc(C)c21. The first-order valence-electron chi connectivity index (χ1n) is 5.63. The van der Waals surface area contributed by atoms with Gasteiger partial charge in [0.25, 0.3) is 0 Å². The van der Waals surface area contributed by atoms with Crippen LogP contribution < -0.4 is 0 Å². The first-order chi connectivity index (χ1) is 7.92. The van der Waals surface area contributed by atoms with Crippen molar-refractivity contribution in [1.82, 2.24) is 0 Å². The smallest absolute Gasteiger partial charge is 0.364 e. The van der Waals surface area contributed by atoms with Gasteiger partial charge < -0.3 is 4.74 Å². The maximum Gasteiger partial charge on any atom is 0.421 e. The highest BCUT2D eigenvalue weighted by atomic mass is 19.4. The van der Waals surface area contributed by atoms with Gasteiger partial charge in [-0.05, 0) is 42.9 Å². The van der Waals surface area contributed by atoms with Crippen LogP contribution in [0, 0.1) is 6.92 Å². The van der Waals surface area contributed by atoms with Crippen LogP contribution in [0.2, 0.25) is 0 Å². The molecule has 1 nitrogen and oxygen atoms in total. The van der Waals surface area contributed by atoms with Crippen LogP contribution in [0.3, 0.4) is 0 Å². The summed E-state index contributed by atoms with van der Waals surface area (Å²) in [5, 5.41) is 0. The van der Waals surface area contributed by atoms with E-state index in [0.29, 0.717) is 24.0 Å². The molecule has 0 radical (unpaired) electrons. The number of methoxy groups -OCH3 is 1. The Labute approximate surface area is 98.6 Å². The Hall–Kier alpha value is -1.03. The maximum absolute atomic E-state index is 13.3. The molecular weight excluding hydrogens is 229 g/mol. The molecule has 0 N–H and O–H groups in total. The minimum Gasteiger partial charge on any atom is -0.364 e. The summed E-state index contributed by atoms with van der Waals surface area (Å²) >= 11 is 0.